The van der Waals surface area contributed by atoms with E-state index in [2.05, 4.69) is 5.32 Å². The Morgan fingerprint density at radius 3 is 2.20 bits per heavy atom. The zero-order chi connectivity index (χ0) is 14.7. The lowest BCUT2D eigenvalue weighted by atomic mass is 10.3. The minimum atomic E-state index is -0.309. The fraction of sp³-hybridized carbons (Fsp3) is 0.308. The largest absolute Gasteiger partial charge is 0.326 e. The fourth-order valence-corrected chi connectivity index (χ4v) is 2.46. The van der Waals surface area contributed by atoms with Crippen molar-refractivity contribution in [1.82, 2.24) is 4.90 Å². The Hall–Kier alpha value is -1.59. The molecule has 20 heavy (non-hydrogen) atoms. The number of nitrogens with zero attached hydrogens (tertiary/aromatic N) is 1. The first-order valence-electron chi connectivity index (χ1n) is 6.05. The predicted octanol–water partition coefficient (Wildman–Crippen LogP) is 2.47. The smallest absolute Gasteiger partial charge is 0.229 e. The molecule has 1 N–H and O–H groups in total. The van der Waals surface area contributed by atoms with Gasteiger partial charge in [-0.2, -0.15) is 0 Å². The van der Waals surface area contributed by atoms with E-state index < -0.39 is 0 Å². The molecule has 3 amide bonds. The van der Waals surface area contributed by atoms with Crippen molar-refractivity contribution in [2.45, 2.75) is 19.3 Å². The van der Waals surface area contributed by atoms with Gasteiger partial charge >= 0.3 is 0 Å². The summed E-state index contributed by atoms with van der Waals surface area (Å²) in [4.78, 5) is 35.6. The summed E-state index contributed by atoms with van der Waals surface area (Å²) in [5.41, 5.74) is 0.478. The second-order valence-electron chi connectivity index (χ2n) is 4.40. The fourth-order valence-electron chi connectivity index (χ4n) is 1.94. The highest BCUT2D eigenvalue weighted by Crippen LogP contribution is 2.22. The molecule has 2 rings (SSSR count). The van der Waals surface area contributed by atoms with Gasteiger partial charge in [-0.05, 0) is 18.2 Å². The van der Waals surface area contributed by atoms with E-state index in [9.17, 15) is 14.4 Å². The maximum Gasteiger partial charge on any atom is 0.229 e. The number of anilines is 1. The van der Waals surface area contributed by atoms with Crippen molar-refractivity contribution in [2.24, 2.45) is 0 Å². The maximum absolute atomic E-state index is 11.8. The highest BCUT2D eigenvalue weighted by atomic mass is 35.5. The molecule has 7 heteroatoms. The third-order valence-electron chi connectivity index (χ3n) is 2.86. The monoisotopic (exact) mass is 314 g/mol. The minimum absolute atomic E-state index is 0.0433. The average Bonchev–Trinajstić information content (AvgIpc) is 2.65. The summed E-state index contributed by atoms with van der Waals surface area (Å²) in [6, 6.07) is 4.69. The number of amides is 3. The lowest BCUT2D eigenvalue weighted by Crippen LogP contribution is -2.32. The molecule has 1 aliphatic rings. The normalized spacial score (nSPS) is 14.8. The lowest BCUT2D eigenvalue weighted by molar-refractivity contribution is -0.138. The number of hydrogen-bond acceptors (Lipinski definition) is 3. The number of nitrogens with one attached hydrogen (secondary N) is 1. The van der Waals surface area contributed by atoms with Crippen LogP contribution in [-0.2, 0) is 14.4 Å². The molecule has 1 saturated heterocycles. The summed E-state index contributed by atoms with van der Waals surface area (Å²) in [5.74, 6) is -0.766. The van der Waals surface area contributed by atoms with E-state index in [1.807, 2.05) is 0 Å². The van der Waals surface area contributed by atoms with Crippen LogP contribution in [0.2, 0.25) is 10.0 Å². The molecule has 1 aromatic rings. The number of benzene rings is 1. The van der Waals surface area contributed by atoms with E-state index in [1.165, 1.54) is 0 Å². The van der Waals surface area contributed by atoms with Crippen molar-refractivity contribution in [2.75, 3.05) is 11.9 Å². The van der Waals surface area contributed by atoms with Gasteiger partial charge < -0.3 is 5.32 Å². The molecule has 0 aromatic heterocycles. The average molecular weight is 315 g/mol. The minimum Gasteiger partial charge on any atom is -0.326 e. The van der Waals surface area contributed by atoms with Crippen LogP contribution in [0.1, 0.15) is 19.3 Å². The quantitative estimate of drug-likeness (QED) is 0.868. The van der Waals surface area contributed by atoms with Crippen LogP contribution in [0.25, 0.3) is 0 Å². The van der Waals surface area contributed by atoms with Crippen LogP contribution in [0.15, 0.2) is 18.2 Å². The second kappa shape index (κ2) is 6.24. The van der Waals surface area contributed by atoms with Crippen LogP contribution in [-0.4, -0.2) is 29.2 Å². The van der Waals surface area contributed by atoms with Crippen LogP contribution in [0.4, 0.5) is 5.69 Å². The number of likely N-dealkylation sites (tertiary alicyclic amines) is 1. The zero-order valence-electron chi connectivity index (χ0n) is 10.5. The highest BCUT2D eigenvalue weighted by Gasteiger charge is 2.28. The summed E-state index contributed by atoms with van der Waals surface area (Å²) >= 11 is 11.6. The van der Waals surface area contributed by atoms with Crippen molar-refractivity contribution in [3.8, 4) is 0 Å². The van der Waals surface area contributed by atoms with Gasteiger partial charge in [0.25, 0.3) is 0 Å². The zero-order valence-corrected chi connectivity index (χ0v) is 12.0. The van der Waals surface area contributed by atoms with Gasteiger partial charge in [0.15, 0.2) is 0 Å². The SMILES string of the molecule is O=C(CCN1C(=O)CCC1=O)Nc1cc(Cl)cc(Cl)c1. The maximum atomic E-state index is 11.8. The lowest BCUT2D eigenvalue weighted by Gasteiger charge is -2.13. The molecule has 0 saturated carbocycles. The van der Waals surface area contributed by atoms with E-state index in [0.29, 0.717) is 15.7 Å². The highest BCUT2D eigenvalue weighted by molar-refractivity contribution is 6.35. The topological polar surface area (TPSA) is 66.5 Å². The molecule has 106 valence electrons. The molecule has 1 aromatic carbocycles. The second-order valence-corrected chi connectivity index (χ2v) is 5.27. The molecule has 0 bridgehead atoms. The molecule has 0 atom stereocenters. The Labute approximate surface area is 125 Å². The van der Waals surface area contributed by atoms with E-state index in [4.69, 9.17) is 23.2 Å². The number of rotatable bonds is 4. The Morgan fingerprint density at radius 1 is 1.10 bits per heavy atom. The van der Waals surface area contributed by atoms with Gasteiger partial charge in [0.05, 0.1) is 0 Å². The van der Waals surface area contributed by atoms with E-state index in [-0.39, 0.29) is 43.5 Å². The van der Waals surface area contributed by atoms with Crippen LogP contribution in [0, 0.1) is 0 Å². The van der Waals surface area contributed by atoms with E-state index in [1.54, 1.807) is 18.2 Å². The number of carbonyl (C=O) groups excluding carboxylic acids is 3. The van der Waals surface area contributed by atoms with Gasteiger partial charge in [-0.15, -0.1) is 0 Å². The van der Waals surface area contributed by atoms with Crippen molar-refractivity contribution < 1.29 is 14.4 Å². The molecule has 0 spiro atoms. The first-order valence-corrected chi connectivity index (χ1v) is 6.80. The van der Waals surface area contributed by atoms with Crippen LogP contribution >= 0.6 is 23.2 Å². The molecule has 5 nitrogen and oxygen atoms in total. The number of imide groups is 1. The third-order valence-corrected chi connectivity index (χ3v) is 3.30. The third kappa shape index (κ3) is 3.71. The molecule has 1 aliphatic heterocycles. The summed E-state index contributed by atoms with van der Waals surface area (Å²) in [6.07, 6.45) is 0.496. The summed E-state index contributed by atoms with van der Waals surface area (Å²) in [6.45, 7) is 0.0950. The van der Waals surface area contributed by atoms with Gasteiger partial charge in [-0.3, -0.25) is 19.3 Å². The first-order chi connectivity index (χ1) is 9.45. The number of halogens is 2. The Morgan fingerprint density at radius 2 is 1.65 bits per heavy atom. The summed E-state index contributed by atoms with van der Waals surface area (Å²) in [7, 11) is 0. The molecule has 0 aliphatic carbocycles. The molecule has 1 heterocycles. The van der Waals surface area contributed by atoms with Crippen LogP contribution < -0.4 is 5.32 Å². The predicted molar refractivity (Wildman–Crippen MR) is 75.7 cm³/mol. The van der Waals surface area contributed by atoms with E-state index >= 15 is 0 Å². The number of carbonyl (C=O) groups is 3. The standard InChI is InChI=1S/C13H12Cl2N2O3/c14-8-5-9(15)7-10(6-8)16-11(18)3-4-17-12(19)1-2-13(17)20/h5-7H,1-4H2,(H,16,18). The van der Waals surface area contributed by atoms with Crippen LogP contribution in [0.3, 0.4) is 0 Å². The van der Waals surface area contributed by atoms with Gasteiger partial charge in [0.1, 0.15) is 0 Å². The first kappa shape index (κ1) is 14.8. The Balaban J connectivity index is 1.89. The molecule has 1 fully saturated rings. The van der Waals surface area contributed by atoms with Gasteiger partial charge in [0.2, 0.25) is 17.7 Å². The molecular weight excluding hydrogens is 303 g/mol. The summed E-state index contributed by atoms with van der Waals surface area (Å²) in [5, 5.41) is 3.45. The Bertz CT molecular complexity index is 538. The van der Waals surface area contributed by atoms with E-state index in [0.717, 1.165) is 4.90 Å². The van der Waals surface area contributed by atoms with Crippen molar-refractivity contribution >= 4 is 46.6 Å². The van der Waals surface area contributed by atoms with Crippen molar-refractivity contribution in [3.05, 3.63) is 28.2 Å². The number of hydrogen-bond donors (Lipinski definition) is 1. The van der Waals surface area contributed by atoms with Gasteiger partial charge in [-0.1, -0.05) is 23.2 Å². The van der Waals surface area contributed by atoms with Gasteiger partial charge in [-0.25, -0.2) is 0 Å². The Kier molecular flexibility index (Phi) is 4.62. The van der Waals surface area contributed by atoms with Crippen LogP contribution in [0.5, 0.6) is 0 Å². The molecule has 0 radical (unpaired) electrons. The van der Waals surface area contributed by atoms with Crippen molar-refractivity contribution in [1.29, 1.82) is 0 Å². The molecular formula is C13H12Cl2N2O3. The molecule has 0 unspecified atom stereocenters. The van der Waals surface area contributed by atoms with Gasteiger partial charge in [0, 0.05) is 41.5 Å². The van der Waals surface area contributed by atoms with Crippen molar-refractivity contribution in [3.63, 3.8) is 0 Å². The summed E-state index contributed by atoms with van der Waals surface area (Å²) < 4.78 is 0.